The number of nitrogens with one attached hydrogen (secondary N) is 1. The smallest absolute Gasteiger partial charge is 0.0403 e. The molecule has 0 amide bonds. The summed E-state index contributed by atoms with van der Waals surface area (Å²) in [6, 6.07) is 15.4. The SMILES string of the molecule is CC1CC(CCc2ccccn2)c2ccccc2N1. The van der Waals surface area contributed by atoms with Crippen molar-refractivity contribution in [2.45, 2.75) is 38.1 Å². The first-order valence-corrected chi connectivity index (χ1v) is 7.08. The van der Waals surface area contributed by atoms with Gasteiger partial charge in [0.2, 0.25) is 0 Å². The van der Waals surface area contributed by atoms with Crippen molar-refractivity contribution in [1.29, 1.82) is 0 Å². The first kappa shape index (κ1) is 12.2. The Morgan fingerprint density at radius 2 is 2.00 bits per heavy atom. The molecule has 1 aliphatic heterocycles. The van der Waals surface area contributed by atoms with Crippen LogP contribution >= 0.6 is 0 Å². The summed E-state index contributed by atoms with van der Waals surface area (Å²) in [6.45, 7) is 2.27. The summed E-state index contributed by atoms with van der Waals surface area (Å²) < 4.78 is 0. The van der Waals surface area contributed by atoms with Crippen molar-refractivity contribution >= 4 is 5.69 Å². The van der Waals surface area contributed by atoms with Crippen molar-refractivity contribution < 1.29 is 0 Å². The van der Waals surface area contributed by atoms with E-state index in [4.69, 9.17) is 0 Å². The van der Waals surface area contributed by atoms with E-state index >= 15 is 0 Å². The van der Waals surface area contributed by atoms with Crippen LogP contribution in [0.25, 0.3) is 0 Å². The molecule has 0 aliphatic carbocycles. The number of hydrogen-bond donors (Lipinski definition) is 1. The highest BCUT2D eigenvalue weighted by molar-refractivity contribution is 5.55. The number of nitrogens with zero attached hydrogens (tertiary/aromatic N) is 1. The number of hydrogen-bond acceptors (Lipinski definition) is 2. The molecule has 2 heteroatoms. The van der Waals surface area contributed by atoms with Crippen LogP contribution in [0, 0.1) is 0 Å². The normalized spacial score (nSPS) is 21.5. The lowest BCUT2D eigenvalue weighted by Crippen LogP contribution is -2.25. The molecule has 3 rings (SSSR count). The Morgan fingerprint density at radius 3 is 2.84 bits per heavy atom. The molecule has 0 fully saturated rings. The van der Waals surface area contributed by atoms with Gasteiger partial charge in [-0.15, -0.1) is 0 Å². The number of benzene rings is 1. The zero-order valence-electron chi connectivity index (χ0n) is 11.3. The second kappa shape index (κ2) is 5.43. The zero-order valence-corrected chi connectivity index (χ0v) is 11.3. The number of pyridine rings is 1. The third kappa shape index (κ3) is 2.78. The maximum Gasteiger partial charge on any atom is 0.0403 e. The van der Waals surface area contributed by atoms with Gasteiger partial charge in [-0.1, -0.05) is 24.3 Å². The lowest BCUT2D eigenvalue weighted by molar-refractivity contribution is 0.519. The van der Waals surface area contributed by atoms with Crippen molar-refractivity contribution in [2.24, 2.45) is 0 Å². The first-order valence-electron chi connectivity index (χ1n) is 7.08. The minimum atomic E-state index is 0.559. The van der Waals surface area contributed by atoms with Crippen molar-refractivity contribution in [1.82, 2.24) is 4.98 Å². The highest BCUT2D eigenvalue weighted by Gasteiger charge is 2.23. The average Bonchev–Trinajstić information content (AvgIpc) is 2.45. The molecule has 0 saturated heterocycles. The molecular formula is C17H20N2. The molecule has 1 aromatic carbocycles. The Labute approximate surface area is 114 Å². The van der Waals surface area contributed by atoms with Crippen LogP contribution in [0.5, 0.6) is 0 Å². The molecule has 2 aromatic rings. The number of rotatable bonds is 3. The standard InChI is InChI=1S/C17H20N2/c1-13-12-14(9-10-15-6-4-5-11-18-15)16-7-2-3-8-17(16)19-13/h2-8,11,13-14,19H,9-10,12H2,1H3. The van der Waals surface area contributed by atoms with Crippen LogP contribution in [0.3, 0.4) is 0 Å². The highest BCUT2D eigenvalue weighted by atomic mass is 14.9. The largest absolute Gasteiger partial charge is 0.382 e. The minimum Gasteiger partial charge on any atom is -0.382 e. The van der Waals surface area contributed by atoms with E-state index in [9.17, 15) is 0 Å². The van der Waals surface area contributed by atoms with E-state index in [1.807, 2.05) is 12.3 Å². The Kier molecular flexibility index (Phi) is 3.49. The van der Waals surface area contributed by atoms with E-state index in [-0.39, 0.29) is 0 Å². The summed E-state index contributed by atoms with van der Waals surface area (Å²) in [5.74, 6) is 0.648. The van der Waals surface area contributed by atoms with Gasteiger partial charge in [0.25, 0.3) is 0 Å². The molecule has 1 N–H and O–H groups in total. The Hall–Kier alpha value is -1.83. The quantitative estimate of drug-likeness (QED) is 0.893. The van der Waals surface area contributed by atoms with Crippen molar-refractivity contribution in [3.8, 4) is 0 Å². The Bertz CT molecular complexity index is 536. The maximum absolute atomic E-state index is 4.42. The van der Waals surface area contributed by atoms with Gasteiger partial charge >= 0.3 is 0 Å². The molecule has 1 aromatic heterocycles. The molecule has 1 aliphatic rings. The number of anilines is 1. The lowest BCUT2D eigenvalue weighted by Gasteiger charge is -2.31. The molecule has 98 valence electrons. The summed E-state index contributed by atoms with van der Waals surface area (Å²) in [4.78, 5) is 4.42. The topological polar surface area (TPSA) is 24.9 Å². The van der Waals surface area contributed by atoms with Gasteiger partial charge in [-0.3, -0.25) is 4.98 Å². The fraction of sp³-hybridized carbons (Fsp3) is 0.353. The van der Waals surface area contributed by atoms with Gasteiger partial charge in [0.15, 0.2) is 0 Å². The molecular weight excluding hydrogens is 232 g/mol. The zero-order chi connectivity index (χ0) is 13.1. The Balaban J connectivity index is 1.74. The van der Waals surface area contributed by atoms with Crippen LogP contribution in [-0.4, -0.2) is 11.0 Å². The predicted molar refractivity (Wildman–Crippen MR) is 79.4 cm³/mol. The molecule has 19 heavy (non-hydrogen) atoms. The van der Waals surface area contributed by atoms with E-state index in [1.165, 1.54) is 29.8 Å². The number of fused-ring (bicyclic) bond motifs is 1. The minimum absolute atomic E-state index is 0.559. The van der Waals surface area contributed by atoms with E-state index in [1.54, 1.807) is 0 Å². The average molecular weight is 252 g/mol. The van der Waals surface area contributed by atoms with Crippen molar-refractivity contribution in [2.75, 3.05) is 5.32 Å². The van der Waals surface area contributed by atoms with E-state index in [0.717, 1.165) is 6.42 Å². The highest BCUT2D eigenvalue weighted by Crippen LogP contribution is 2.36. The third-order valence-corrected chi connectivity index (χ3v) is 3.92. The monoisotopic (exact) mass is 252 g/mol. The molecule has 0 spiro atoms. The fourth-order valence-electron chi connectivity index (χ4n) is 3.00. The molecule has 2 unspecified atom stereocenters. The summed E-state index contributed by atoms with van der Waals surface area (Å²) >= 11 is 0. The van der Waals surface area contributed by atoms with Crippen LogP contribution in [0.1, 0.15) is 36.9 Å². The van der Waals surface area contributed by atoms with Gasteiger partial charge in [0, 0.05) is 23.6 Å². The summed E-state index contributed by atoms with van der Waals surface area (Å²) in [6.07, 6.45) is 5.34. The van der Waals surface area contributed by atoms with Gasteiger partial charge in [-0.2, -0.15) is 0 Å². The maximum atomic E-state index is 4.42. The third-order valence-electron chi connectivity index (χ3n) is 3.92. The molecule has 0 radical (unpaired) electrons. The van der Waals surface area contributed by atoms with Gasteiger partial charge in [0.05, 0.1) is 0 Å². The number of para-hydroxylation sites is 1. The predicted octanol–water partition coefficient (Wildman–Crippen LogP) is 4.00. The first-order chi connectivity index (χ1) is 9.33. The summed E-state index contributed by atoms with van der Waals surface area (Å²) in [7, 11) is 0. The van der Waals surface area contributed by atoms with Gasteiger partial charge in [-0.25, -0.2) is 0 Å². The molecule has 2 heterocycles. The van der Waals surface area contributed by atoms with E-state index in [0.29, 0.717) is 12.0 Å². The second-order valence-corrected chi connectivity index (χ2v) is 5.43. The van der Waals surface area contributed by atoms with Crippen LogP contribution in [0.15, 0.2) is 48.7 Å². The fourth-order valence-corrected chi connectivity index (χ4v) is 3.00. The lowest BCUT2D eigenvalue weighted by atomic mass is 9.84. The van der Waals surface area contributed by atoms with Crippen molar-refractivity contribution in [3.63, 3.8) is 0 Å². The van der Waals surface area contributed by atoms with Gasteiger partial charge in [-0.05, 0) is 55.9 Å². The van der Waals surface area contributed by atoms with Crippen LogP contribution in [0.2, 0.25) is 0 Å². The number of aromatic nitrogens is 1. The van der Waals surface area contributed by atoms with E-state index in [2.05, 4.69) is 53.6 Å². The van der Waals surface area contributed by atoms with Crippen LogP contribution < -0.4 is 5.32 Å². The van der Waals surface area contributed by atoms with Crippen LogP contribution in [-0.2, 0) is 6.42 Å². The van der Waals surface area contributed by atoms with Gasteiger partial charge < -0.3 is 5.32 Å². The van der Waals surface area contributed by atoms with Crippen LogP contribution in [0.4, 0.5) is 5.69 Å². The summed E-state index contributed by atoms with van der Waals surface area (Å²) in [5, 5.41) is 3.57. The number of aryl methyl sites for hydroxylation is 1. The molecule has 0 bridgehead atoms. The molecule has 0 saturated carbocycles. The Morgan fingerprint density at radius 1 is 1.16 bits per heavy atom. The molecule has 2 atom stereocenters. The van der Waals surface area contributed by atoms with E-state index < -0.39 is 0 Å². The van der Waals surface area contributed by atoms with Gasteiger partial charge in [0.1, 0.15) is 0 Å². The van der Waals surface area contributed by atoms with Crippen molar-refractivity contribution in [3.05, 3.63) is 59.9 Å². The molecule has 2 nitrogen and oxygen atoms in total. The second-order valence-electron chi connectivity index (χ2n) is 5.43. The summed E-state index contributed by atoms with van der Waals surface area (Å²) in [5.41, 5.74) is 3.98.